The Morgan fingerprint density at radius 2 is 2.16 bits per heavy atom. The van der Waals surface area contributed by atoms with Gasteiger partial charge in [0.05, 0.1) is 38.2 Å². The third-order valence-corrected chi connectivity index (χ3v) is 2.56. The summed E-state index contributed by atoms with van der Waals surface area (Å²) in [5.74, 6) is -0.518. The van der Waals surface area contributed by atoms with Gasteiger partial charge in [0.1, 0.15) is 0 Å². The van der Waals surface area contributed by atoms with Crippen LogP contribution in [0.15, 0.2) is 0 Å². The number of methoxy groups -OCH3 is 1. The summed E-state index contributed by atoms with van der Waals surface area (Å²) >= 11 is 0. The number of aromatic nitrogens is 3. The summed E-state index contributed by atoms with van der Waals surface area (Å²) in [6, 6.07) is 0. The maximum atomic E-state index is 11.5. The Bertz CT molecular complexity index is 417. The second-order valence-electron chi connectivity index (χ2n) is 4.45. The molecule has 1 atom stereocenters. The van der Waals surface area contributed by atoms with Gasteiger partial charge in [-0.05, 0) is 20.3 Å². The second kappa shape index (κ2) is 7.20. The van der Waals surface area contributed by atoms with Crippen LogP contribution in [0.2, 0.25) is 0 Å². The molecule has 1 aromatic rings. The van der Waals surface area contributed by atoms with Gasteiger partial charge in [0.15, 0.2) is 5.69 Å². The molecule has 0 saturated carbocycles. The van der Waals surface area contributed by atoms with Crippen LogP contribution in [0.4, 0.5) is 0 Å². The Balaban J connectivity index is 2.73. The van der Waals surface area contributed by atoms with Crippen LogP contribution in [0.1, 0.15) is 37.0 Å². The van der Waals surface area contributed by atoms with Crippen molar-refractivity contribution in [3.63, 3.8) is 0 Å². The molecule has 0 bridgehead atoms. The van der Waals surface area contributed by atoms with Crippen LogP contribution < -0.4 is 0 Å². The highest BCUT2D eigenvalue weighted by Crippen LogP contribution is 2.09. The topological polar surface area (TPSA) is 86.5 Å². The van der Waals surface area contributed by atoms with Gasteiger partial charge >= 0.3 is 5.97 Å². The van der Waals surface area contributed by atoms with Crippen molar-refractivity contribution in [1.82, 2.24) is 15.0 Å². The maximum absolute atomic E-state index is 11.5. The first-order chi connectivity index (χ1) is 8.99. The fourth-order valence-electron chi connectivity index (χ4n) is 1.64. The van der Waals surface area contributed by atoms with E-state index in [1.807, 2.05) is 20.8 Å². The Morgan fingerprint density at radius 3 is 2.68 bits per heavy atom. The van der Waals surface area contributed by atoms with Crippen molar-refractivity contribution >= 4 is 5.97 Å². The van der Waals surface area contributed by atoms with Crippen molar-refractivity contribution in [2.75, 3.05) is 13.7 Å². The average Bonchev–Trinajstić information content (AvgIpc) is 2.78. The molecule has 1 N–H and O–H groups in total. The number of carbonyl (C=O) groups is 1. The Labute approximate surface area is 112 Å². The van der Waals surface area contributed by atoms with E-state index in [2.05, 4.69) is 15.0 Å². The van der Waals surface area contributed by atoms with Crippen molar-refractivity contribution in [1.29, 1.82) is 0 Å². The van der Waals surface area contributed by atoms with E-state index in [4.69, 9.17) is 4.74 Å². The summed E-state index contributed by atoms with van der Waals surface area (Å²) in [7, 11) is 1.30. The van der Waals surface area contributed by atoms with Crippen LogP contribution in [0, 0.1) is 0 Å². The molecule has 7 heteroatoms. The lowest BCUT2D eigenvalue weighted by Crippen LogP contribution is -2.25. The van der Waals surface area contributed by atoms with Crippen LogP contribution in [-0.4, -0.2) is 52.0 Å². The fourth-order valence-corrected chi connectivity index (χ4v) is 1.64. The first-order valence-corrected chi connectivity index (χ1v) is 6.29. The van der Waals surface area contributed by atoms with E-state index in [-0.39, 0.29) is 24.9 Å². The predicted molar refractivity (Wildman–Crippen MR) is 67.8 cm³/mol. The summed E-state index contributed by atoms with van der Waals surface area (Å²) in [5, 5.41) is 17.5. The number of hydrogen-bond acceptors (Lipinski definition) is 6. The largest absolute Gasteiger partial charge is 0.464 e. The molecule has 108 valence electrons. The normalized spacial score (nSPS) is 12.7. The van der Waals surface area contributed by atoms with E-state index in [1.165, 1.54) is 11.8 Å². The number of aliphatic hydroxyl groups excluding tert-OH is 1. The molecule has 19 heavy (non-hydrogen) atoms. The van der Waals surface area contributed by atoms with E-state index in [1.54, 1.807) is 0 Å². The van der Waals surface area contributed by atoms with Gasteiger partial charge in [0.25, 0.3) is 0 Å². The van der Waals surface area contributed by atoms with E-state index >= 15 is 0 Å². The van der Waals surface area contributed by atoms with Crippen LogP contribution in [0.5, 0.6) is 0 Å². The first-order valence-electron chi connectivity index (χ1n) is 6.29. The Kier molecular flexibility index (Phi) is 5.91. The van der Waals surface area contributed by atoms with E-state index in [9.17, 15) is 9.90 Å². The van der Waals surface area contributed by atoms with Crippen LogP contribution in [0.3, 0.4) is 0 Å². The smallest absolute Gasteiger partial charge is 0.360 e. The van der Waals surface area contributed by atoms with Crippen molar-refractivity contribution in [3.05, 3.63) is 11.4 Å². The molecule has 1 unspecified atom stereocenters. The van der Waals surface area contributed by atoms with Gasteiger partial charge in [0.2, 0.25) is 0 Å². The number of rotatable bonds is 7. The number of hydrogen-bond donors (Lipinski definition) is 1. The second-order valence-corrected chi connectivity index (χ2v) is 4.45. The van der Waals surface area contributed by atoms with Crippen molar-refractivity contribution < 1.29 is 19.4 Å². The summed E-state index contributed by atoms with van der Waals surface area (Å²) in [6.07, 6.45) is -0.0589. The molecule has 0 aromatic carbocycles. The quantitative estimate of drug-likeness (QED) is 0.723. The zero-order valence-electron chi connectivity index (χ0n) is 11.8. The highest BCUT2D eigenvalue weighted by Gasteiger charge is 2.20. The average molecular weight is 271 g/mol. The molecule has 1 aromatic heterocycles. The lowest BCUT2D eigenvalue weighted by Gasteiger charge is -2.14. The van der Waals surface area contributed by atoms with Gasteiger partial charge < -0.3 is 14.6 Å². The number of aliphatic hydroxyl groups is 1. The first kappa shape index (κ1) is 15.6. The van der Waals surface area contributed by atoms with E-state index < -0.39 is 12.1 Å². The van der Waals surface area contributed by atoms with Crippen LogP contribution in [0.25, 0.3) is 0 Å². The van der Waals surface area contributed by atoms with Crippen LogP contribution in [-0.2, 0) is 22.4 Å². The fraction of sp³-hybridized carbons (Fsp3) is 0.750. The van der Waals surface area contributed by atoms with E-state index in [0.29, 0.717) is 12.1 Å². The Hall–Kier alpha value is -1.47. The summed E-state index contributed by atoms with van der Waals surface area (Å²) in [6.45, 7) is 6.14. The molecule has 0 aliphatic rings. The monoisotopic (exact) mass is 271 g/mol. The van der Waals surface area contributed by atoms with Crippen molar-refractivity contribution in [2.24, 2.45) is 0 Å². The van der Waals surface area contributed by atoms with Gasteiger partial charge in [-0.25, -0.2) is 9.48 Å². The standard InChI is InChI=1S/C12H21N3O4/c1-5-10-11(12(17)18-4)13-14-15(10)6-9(16)7-19-8(2)3/h8-9,16H,5-7H2,1-4H3. The predicted octanol–water partition coefficient (Wildman–Crippen LogP) is 0.413. The third-order valence-electron chi connectivity index (χ3n) is 2.56. The molecular formula is C12H21N3O4. The Morgan fingerprint density at radius 1 is 1.47 bits per heavy atom. The molecule has 1 heterocycles. The molecule has 7 nitrogen and oxygen atoms in total. The van der Waals surface area contributed by atoms with Crippen LogP contribution >= 0.6 is 0 Å². The van der Waals surface area contributed by atoms with Gasteiger partial charge in [-0.3, -0.25) is 0 Å². The third kappa shape index (κ3) is 4.29. The summed E-state index contributed by atoms with van der Waals surface area (Å²) in [5.41, 5.74) is 0.845. The minimum absolute atomic E-state index is 0.0571. The van der Waals surface area contributed by atoms with Gasteiger partial charge in [0, 0.05) is 0 Å². The molecule has 1 rings (SSSR count). The summed E-state index contributed by atoms with van der Waals surface area (Å²) < 4.78 is 11.5. The highest BCUT2D eigenvalue weighted by molar-refractivity contribution is 5.88. The molecule has 0 radical (unpaired) electrons. The zero-order chi connectivity index (χ0) is 14.4. The van der Waals surface area contributed by atoms with Gasteiger partial charge in [-0.15, -0.1) is 5.10 Å². The molecular weight excluding hydrogens is 250 g/mol. The molecule has 0 saturated heterocycles. The lowest BCUT2D eigenvalue weighted by atomic mass is 10.2. The number of nitrogens with zero attached hydrogens (tertiary/aromatic N) is 3. The molecule has 0 spiro atoms. The number of ether oxygens (including phenoxy) is 2. The number of carbonyl (C=O) groups excluding carboxylic acids is 1. The van der Waals surface area contributed by atoms with Gasteiger partial charge in [-0.1, -0.05) is 12.1 Å². The molecule has 0 aliphatic carbocycles. The summed E-state index contributed by atoms with van der Waals surface area (Å²) in [4.78, 5) is 11.5. The lowest BCUT2D eigenvalue weighted by molar-refractivity contribution is -0.00250. The highest BCUT2D eigenvalue weighted by atomic mass is 16.5. The van der Waals surface area contributed by atoms with Crippen molar-refractivity contribution in [3.8, 4) is 0 Å². The number of esters is 1. The van der Waals surface area contributed by atoms with E-state index in [0.717, 1.165) is 0 Å². The SMILES string of the molecule is CCc1c(C(=O)OC)nnn1CC(O)COC(C)C. The zero-order valence-corrected chi connectivity index (χ0v) is 11.8. The molecule has 0 amide bonds. The minimum Gasteiger partial charge on any atom is -0.464 e. The maximum Gasteiger partial charge on any atom is 0.360 e. The molecule has 0 aliphatic heterocycles. The molecule has 0 fully saturated rings. The minimum atomic E-state index is -0.695. The van der Waals surface area contributed by atoms with Gasteiger partial charge in [-0.2, -0.15) is 0 Å². The van der Waals surface area contributed by atoms with Crippen molar-refractivity contribution in [2.45, 2.75) is 45.9 Å².